The summed E-state index contributed by atoms with van der Waals surface area (Å²) < 4.78 is 38.6. The summed E-state index contributed by atoms with van der Waals surface area (Å²) in [6.07, 6.45) is 4.91. The molecule has 1 atom stereocenters. The average molecular weight is 415 g/mol. The molecule has 0 aliphatic carbocycles. The molecule has 0 saturated carbocycles. The molecule has 1 aliphatic heterocycles. The van der Waals surface area contributed by atoms with Crippen LogP contribution in [0.3, 0.4) is 0 Å². The number of carbonyl (C=O) groups is 1. The van der Waals surface area contributed by atoms with Gasteiger partial charge in [0.05, 0.1) is 34.7 Å². The molecule has 1 aliphatic rings. The number of benzene rings is 2. The first-order valence-corrected chi connectivity index (χ1v) is 11.4. The summed E-state index contributed by atoms with van der Waals surface area (Å²) in [5, 5.41) is 0. The van der Waals surface area contributed by atoms with Gasteiger partial charge >= 0.3 is 0 Å². The van der Waals surface area contributed by atoms with E-state index < -0.39 is 9.84 Å². The molecule has 1 fully saturated rings. The van der Waals surface area contributed by atoms with E-state index in [0.29, 0.717) is 18.6 Å². The Kier molecular flexibility index (Phi) is 5.12. The van der Waals surface area contributed by atoms with Crippen molar-refractivity contribution in [2.24, 2.45) is 0 Å². The summed E-state index contributed by atoms with van der Waals surface area (Å²) in [5.41, 5.74) is 2.26. The number of rotatable bonds is 4. The lowest BCUT2D eigenvalue weighted by Gasteiger charge is -2.34. The third-order valence-electron chi connectivity index (χ3n) is 5.39. The number of hydrogen-bond donors (Lipinski definition) is 0. The fourth-order valence-electron chi connectivity index (χ4n) is 3.85. The van der Waals surface area contributed by atoms with Gasteiger partial charge in [-0.2, -0.15) is 0 Å². The highest BCUT2D eigenvalue weighted by Crippen LogP contribution is 2.26. The summed E-state index contributed by atoms with van der Waals surface area (Å²) in [7, 11) is -3.25. The van der Waals surface area contributed by atoms with Crippen molar-refractivity contribution < 1.29 is 17.6 Å². The van der Waals surface area contributed by atoms with Gasteiger partial charge < -0.3 is 9.47 Å². The lowest BCUT2D eigenvalue weighted by atomic mass is 10.0. The molecular formula is C21H22FN3O3S. The van der Waals surface area contributed by atoms with Crippen molar-refractivity contribution in [2.45, 2.75) is 30.2 Å². The molecule has 0 N–H and O–H groups in total. The molecule has 2 aromatic carbocycles. The lowest BCUT2D eigenvalue weighted by Crippen LogP contribution is -2.41. The van der Waals surface area contributed by atoms with Gasteiger partial charge in [-0.1, -0.05) is 12.1 Å². The molecule has 0 spiro atoms. The molecule has 29 heavy (non-hydrogen) atoms. The standard InChI is InChI=1S/C21H22FN3O3S/c1-29(27,28)18-7-4-15(5-8-18)11-21(26)24-10-2-3-17(13-24)25-14-23-19-12-16(22)6-9-20(19)25/h4-9,12,14,17H,2-3,10-11,13H2,1H3. The fraction of sp³-hybridized carbons (Fsp3) is 0.333. The zero-order valence-corrected chi connectivity index (χ0v) is 16.9. The van der Waals surface area contributed by atoms with Crippen LogP contribution in [0.5, 0.6) is 0 Å². The monoisotopic (exact) mass is 415 g/mol. The predicted molar refractivity (Wildman–Crippen MR) is 108 cm³/mol. The zero-order chi connectivity index (χ0) is 20.6. The number of amides is 1. The van der Waals surface area contributed by atoms with Crippen molar-refractivity contribution in [1.29, 1.82) is 0 Å². The first kappa shape index (κ1) is 19.6. The van der Waals surface area contributed by atoms with Crippen LogP contribution in [0.4, 0.5) is 4.39 Å². The Balaban J connectivity index is 1.47. The van der Waals surface area contributed by atoms with Crippen molar-refractivity contribution in [3.8, 4) is 0 Å². The minimum absolute atomic E-state index is 0.0114. The Morgan fingerprint density at radius 3 is 2.69 bits per heavy atom. The molecule has 8 heteroatoms. The summed E-state index contributed by atoms with van der Waals surface area (Å²) in [5.74, 6) is -0.303. The molecule has 1 unspecified atom stereocenters. The molecule has 6 nitrogen and oxygen atoms in total. The van der Waals surface area contributed by atoms with Crippen LogP contribution in [0.15, 0.2) is 53.7 Å². The summed E-state index contributed by atoms with van der Waals surface area (Å²) in [6, 6.07) is 11.1. The van der Waals surface area contributed by atoms with Gasteiger partial charge in [-0.3, -0.25) is 4.79 Å². The topological polar surface area (TPSA) is 72.3 Å². The Hall–Kier alpha value is -2.74. The Morgan fingerprint density at radius 1 is 1.21 bits per heavy atom. The minimum atomic E-state index is -3.25. The van der Waals surface area contributed by atoms with Crippen molar-refractivity contribution in [3.05, 3.63) is 60.2 Å². The number of imidazole rings is 1. The van der Waals surface area contributed by atoms with Gasteiger partial charge in [-0.05, 0) is 42.7 Å². The van der Waals surface area contributed by atoms with E-state index in [9.17, 15) is 17.6 Å². The Labute approximate surface area is 168 Å². The van der Waals surface area contributed by atoms with Crippen LogP contribution in [0, 0.1) is 5.82 Å². The van der Waals surface area contributed by atoms with Gasteiger partial charge in [0.25, 0.3) is 0 Å². The van der Waals surface area contributed by atoms with Crippen molar-refractivity contribution in [1.82, 2.24) is 14.5 Å². The number of carbonyl (C=O) groups excluding carboxylic acids is 1. The van der Waals surface area contributed by atoms with Crippen molar-refractivity contribution in [3.63, 3.8) is 0 Å². The first-order chi connectivity index (χ1) is 13.8. The van der Waals surface area contributed by atoms with E-state index in [-0.39, 0.29) is 29.1 Å². The normalized spacial score (nSPS) is 17.6. The highest BCUT2D eigenvalue weighted by molar-refractivity contribution is 7.90. The van der Waals surface area contributed by atoms with Crippen LogP contribution in [-0.2, 0) is 21.1 Å². The van der Waals surface area contributed by atoms with Crippen LogP contribution in [0.25, 0.3) is 11.0 Å². The number of fused-ring (bicyclic) bond motifs is 1. The molecule has 0 bridgehead atoms. The third kappa shape index (κ3) is 4.17. The summed E-state index contributed by atoms with van der Waals surface area (Å²) in [6.45, 7) is 1.26. The lowest BCUT2D eigenvalue weighted by molar-refractivity contribution is -0.132. The molecule has 4 rings (SSSR count). The molecule has 2 heterocycles. The Bertz CT molecular complexity index is 1160. The predicted octanol–water partition coefficient (Wildman–Crippen LogP) is 2.99. The van der Waals surface area contributed by atoms with Gasteiger partial charge in [0.1, 0.15) is 5.82 Å². The van der Waals surface area contributed by atoms with E-state index >= 15 is 0 Å². The quantitative estimate of drug-likeness (QED) is 0.657. The van der Waals surface area contributed by atoms with E-state index in [2.05, 4.69) is 4.98 Å². The van der Waals surface area contributed by atoms with Crippen molar-refractivity contribution in [2.75, 3.05) is 19.3 Å². The second-order valence-electron chi connectivity index (χ2n) is 7.51. The number of likely N-dealkylation sites (tertiary alicyclic amines) is 1. The SMILES string of the molecule is CS(=O)(=O)c1ccc(CC(=O)N2CCCC(n3cnc4cc(F)ccc43)C2)cc1. The molecule has 1 amide bonds. The van der Waals surface area contributed by atoms with E-state index in [4.69, 9.17) is 0 Å². The van der Waals surface area contributed by atoms with Crippen LogP contribution in [0.1, 0.15) is 24.4 Å². The largest absolute Gasteiger partial charge is 0.340 e. The molecule has 3 aromatic rings. The van der Waals surface area contributed by atoms with Gasteiger partial charge in [0.15, 0.2) is 9.84 Å². The Morgan fingerprint density at radius 2 is 1.97 bits per heavy atom. The van der Waals surface area contributed by atoms with E-state index in [1.165, 1.54) is 24.3 Å². The maximum absolute atomic E-state index is 13.4. The highest BCUT2D eigenvalue weighted by atomic mass is 32.2. The van der Waals surface area contributed by atoms with E-state index in [1.54, 1.807) is 24.5 Å². The zero-order valence-electron chi connectivity index (χ0n) is 16.1. The van der Waals surface area contributed by atoms with Gasteiger partial charge in [-0.25, -0.2) is 17.8 Å². The van der Waals surface area contributed by atoms with Crippen molar-refractivity contribution >= 4 is 26.8 Å². The average Bonchev–Trinajstić information content (AvgIpc) is 3.11. The number of aromatic nitrogens is 2. The van der Waals surface area contributed by atoms with E-state index in [0.717, 1.165) is 30.2 Å². The van der Waals surface area contributed by atoms with Gasteiger partial charge in [0, 0.05) is 25.4 Å². The second-order valence-corrected chi connectivity index (χ2v) is 9.53. The first-order valence-electron chi connectivity index (χ1n) is 9.50. The smallest absolute Gasteiger partial charge is 0.227 e. The van der Waals surface area contributed by atoms with Crippen LogP contribution >= 0.6 is 0 Å². The maximum Gasteiger partial charge on any atom is 0.227 e. The van der Waals surface area contributed by atoms with Crippen LogP contribution < -0.4 is 0 Å². The van der Waals surface area contributed by atoms with Gasteiger partial charge in [-0.15, -0.1) is 0 Å². The number of sulfone groups is 1. The number of hydrogen-bond acceptors (Lipinski definition) is 4. The fourth-order valence-corrected chi connectivity index (χ4v) is 4.48. The number of nitrogens with zero attached hydrogens (tertiary/aromatic N) is 3. The molecule has 1 saturated heterocycles. The van der Waals surface area contributed by atoms with Crippen LogP contribution in [-0.4, -0.2) is 48.1 Å². The van der Waals surface area contributed by atoms with E-state index in [1.807, 2.05) is 9.47 Å². The third-order valence-corrected chi connectivity index (χ3v) is 6.51. The minimum Gasteiger partial charge on any atom is -0.340 e. The molecule has 1 aromatic heterocycles. The number of piperidine rings is 1. The molecule has 152 valence electrons. The van der Waals surface area contributed by atoms with Gasteiger partial charge in [0.2, 0.25) is 5.91 Å². The highest BCUT2D eigenvalue weighted by Gasteiger charge is 2.25. The summed E-state index contributed by atoms with van der Waals surface area (Å²) >= 11 is 0. The van der Waals surface area contributed by atoms with Crippen LogP contribution in [0.2, 0.25) is 0 Å². The molecular weight excluding hydrogens is 393 g/mol. The summed E-state index contributed by atoms with van der Waals surface area (Å²) in [4.78, 5) is 19.2. The second kappa shape index (κ2) is 7.59. The maximum atomic E-state index is 13.4. The molecule has 0 radical (unpaired) electrons. The number of halogens is 1.